The molecule has 2 fully saturated rings. The minimum Gasteiger partial charge on any atom is -0.497 e. The second kappa shape index (κ2) is 8.26. The van der Waals surface area contributed by atoms with Gasteiger partial charge in [0.15, 0.2) is 0 Å². The van der Waals surface area contributed by atoms with E-state index in [1.165, 1.54) is 0 Å². The summed E-state index contributed by atoms with van der Waals surface area (Å²) in [4.78, 5) is 23.4. The molecule has 0 N–H and O–H groups in total. The summed E-state index contributed by atoms with van der Waals surface area (Å²) in [5.74, 6) is 0.902. The number of methoxy groups -OCH3 is 1. The van der Waals surface area contributed by atoms with E-state index < -0.39 is 0 Å². The molecule has 0 spiro atoms. The summed E-state index contributed by atoms with van der Waals surface area (Å²) >= 11 is 0. The van der Waals surface area contributed by atoms with E-state index in [1.807, 2.05) is 24.4 Å². The van der Waals surface area contributed by atoms with E-state index in [2.05, 4.69) is 34.0 Å². The summed E-state index contributed by atoms with van der Waals surface area (Å²) < 4.78 is 5.33. The van der Waals surface area contributed by atoms with Gasteiger partial charge in [-0.25, -0.2) is 0 Å². The maximum absolute atomic E-state index is 12.6. The maximum atomic E-state index is 12.6. The third kappa shape index (κ3) is 3.99. The molecule has 0 radical (unpaired) electrons. The highest BCUT2D eigenvalue weighted by Crippen LogP contribution is 2.26. The number of pyridine rings is 1. The van der Waals surface area contributed by atoms with Crippen LogP contribution < -0.4 is 9.64 Å². The zero-order valence-corrected chi connectivity index (χ0v) is 17.0. The molecular formula is C22H27N5O2. The molecule has 0 aliphatic carbocycles. The average molecular weight is 393 g/mol. The number of benzene rings is 1. The van der Waals surface area contributed by atoms with E-state index in [-0.39, 0.29) is 11.9 Å². The minimum absolute atomic E-state index is 0.0804. The van der Waals surface area contributed by atoms with Crippen molar-refractivity contribution in [3.63, 3.8) is 0 Å². The van der Waals surface area contributed by atoms with E-state index in [0.717, 1.165) is 54.7 Å². The molecule has 0 bridgehead atoms. The van der Waals surface area contributed by atoms with E-state index in [9.17, 15) is 10.1 Å². The SMILES string of the molecule is COc1ccc2ncc(N(C)[C@H]3CCN(CC(=O)N4CCC[C@H]4C#N)C3)cc2c1. The van der Waals surface area contributed by atoms with Crippen LogP contribution in [0, 0.1) is 11.3 Å². The van der Waals surface area contributed by atoms with Crippen LogP contribution in [-0.2, 0) is 4.79 Å². The molecule has 2 aromatic rings. The number of hydrogen-bond donors (Lipinski definition) is 0. The van der Waals surface area contributed by atoms with Crippen LogP contribution in [0.4, 0.5) is 5.69 Å². The molecule has 1 aromatic heterocycles. The first-order valence-corrected chi connectivity index (χ1v) is 10.2. The Labute approximate surface area is 171 Å². The number of hydrogen-bond acceptors (Lipinski definition) is 6. The van der Waals surface area contributed by atoms with Crippen LogP contribution in [0.15, 0.2) is 30.5 Å². The average Bonchev–Trinajstić information content (AvgIpc) is 3.41. The first kappa shape index (κ1) is 19.5. The summed E-state index contributed by atoms with van der Waals surface area (Å²) in [6.45, 7) is 2.83. The van der Waals surface area contributed by atoms with Gasteiger partial charge in [0.25, 0.3) is 0 Å². The fourth-order valence-electron chi connectivity index (χ4n) is 4.38. The van der Waals surface area contributed by atoms with E-state index in [4.69, 9.17) is 4.74 Å². The predicted molar refractivity (Wildman–Crippen MR) is 112 cm³/mol. The first-order chi connectivity index (χ1) is 14.1. The minimum atomic E-state index is -0.246. The van der Waals surface area contributed by atoms with Crippen molar-refractivity contribution in [1.29, 1.82) is 5.26 Å². The predicted octanol–water partition coefficient (Wildman–Crippen LogP) is 2.27. The van der Waals surface area contributed by atoms with E-state index in [0.29, 0.717) is 19.1 Å². The number of nitriles is 1. The number of nitrogens with zero attached hydrogens (tertiary/aromatic N) is 5. The normalized spacial score (nSPS) is 22.0. The summed E-state index contributed by atoms with van der Waals surface area (Å²) in [5, 5.41) is 10.3. The van der Waals surface area contributed by atoms with Gasteiger partial charge in [-0.1, -0.05) is 0 Å². The molecule has 1 amide bonds. The second-order valence-electron chi connectivity index (χ2n) is 7.91. The number of rotatable bonds is 5. The lowest BCUT2D eigenvalue weighted by atomic mass is 10.1. The van der Waals surface area contributed by atoms with Crippen molar-refractivity contribution in [2.45, 2.75) is 31.3 Å². The molecule has 2 saturated heterocycles. The Morgan fingerprint density at radius 1 is 1.34 bits per heavy atom. The lowest BCUT2D eigenvalue weighted by Crippen LogP contribution is -2.42. The Balaban J connectivity index is 1.40. The molecule has 0 saturated carbocycles. The molecule has 1 aromatic carbocycles. The van der Waals surface area contributed by atoms with Crippen LogP contribution in [0.3, 0.4) is 0 Å². The molecule has 2 aliphatic heterocycles. The number of amides is 1. The summed E-state index contributed by atoms with van der Waals surface area (Å²) in [6.07, 6.45) is 4.63. The number of likely N-dealkylation sites (tertiary alicyclic amines) is 2. The number of carbonyl (C=O) groups excluding carboxylic acids is 1. The van der Waals surface area contributed by atoms with Gasteiger partial charge in [-0.15, -0.1) is 0 Å². The molecular weight excluding hydrogens is 366 g/mol. The van der Waals surface area contributed by atoms with E-state index >= 15 is 0 Å². The number of carbonyl (C=O) groups is 1. The molecule has 0 unspecified atom stereocenters. The van der Waals surface area contributed by atoms with Gasteiger partial charge in [-0.2, -0.15) is 5.26 Å². The fraction of sp³-hybridized carbons (Fsp3) is 0.500. The Hall–Kier alpha value is -2.85. The second-order valence-corrected chi connectivity index (χ2v) is 7.91. The molecule has 29 heavy (non-hydrogen) atoms. The number of fused-ring (bicyclic) bond motifs is 1. The van der Waals surface area contributed by atoms with E-state index in [1.54, 1.807) is 12.0 Å². The van der Waals surface area contributed by atoms with Crippen LogP contribution in [0.5, 0.6) is 5.75 Å². The van der Waals surface area contributed by atoms with Gasteiger partial charge in [0.05, 0.1) is 37.1 Å². The largest absolute Gasteiger partial charge is 0.497 e. The van der Waals surface area contributed by atoms with Gasteiger partial charge in [-0.05, 0) is 43.5 Å². The smallest absolute Gasteiger partial charge is 0.237 e. The van der Waals surface area contributed by atoms with Crippen LogP contribution in [0.1, 0.15) is 19.3 Å². The molecule has 7 heteroatoms. The lowest BCUT2D eigenvalue weighted by molar-refractivity contribution is -0.132. The highest BCUT2D eigenvalue weighted by atomic mass is 16.5. The monoisotopic (exact) mass is 393 g/mol. The molecule has 7 nitrogen and oxygen atoms in total. The van der Waals surface area contributed by atoms with Gasteiger partial charge in [-0.3, -0.25) is 14.7 Å². The van der Waals surface area contributed by atoms with Gasteiger partial charge in [0.2, 0.25) is 5.91 Å². The van der Waals surface area contributed by atoms with Gasteiger partial charge >= 0.3 is 0 Å². The topological polar surface area (TPSA) is 72.7 Å². The number of likely N-dealkylation sites (N-methyl/N-ethyl adjacent to an activating group) is 1. The van der Waals surface area contributed by atoms with Gasteiger partial charge in [0.1, 0.15) is 11.8 Å². The quantitative estimate of drug-likeness (QED) is 0.776. The summed E-state index contributed by atoms with van der Waals surface area (Å²) in [7, 11) is 3.76. The zero-order chi connectivity index (χ0) is 20.4. The van der Waals surface area contributed by atoms with Crippen LogP contribution >= 0.6 is 0 Å². The third-order valence-electron chi connectivity index (χ3n) is 6.16. The summed E-state index contributed by atoms with van der Waals surface area (Å²) in [5.41, 5.74) is 2.01. The van der Waals surface area contributed by atoms with Crippen LogP contribution in [-0.4, -0.2) is 73.1 Å². The Kier molecular flexibility index (Phi) is 5.54. The molecule has 152 valence electrons. The summed E-state index contributed by atoms with van der Waals surface area (Å²) in [6, 6.07) is 10.4. The number of aromatic nitrogens is 1. The van der Waals surface area contributed by atoms with Crippen molar-refractivity contribution < 1.29 is 9.53 Å². The lowest BCUT2D eigenvalue weighted by Gasteiger charge is -2.27. The Morgan fingerprint density at radius 2 is 2.21 bits per heavy atom. The fourth-order valence-corrected chi connectivity index (χ4v) is 4.38. The highest BCUT2D eigenvalue weighted by Gasteiger charge is 2.32. The Bertz CT molecular complexity index is 940. The number of ether oxygens (including phenoxy) is 1. The molecule has 2 aliphatic rings. The molecule has 4 rings (SSSR count). The standard InChI is InChI=1S/C22H27N5O2/c1-25(19-10-16-11-20(29-2)5-6-21(16)24-13-19)18-7-9-26(14-18)15-22(28)27-8-3-4-17(27)12-23/h5-6,10-11,13,17-18H,3-4,7-9,14-15H2,1-2H3/t17-,18-/m0/s1. The maximum Gasteiger partial charge on any atom is 0.237 e. The van der Waals surface area contributed by atoms with Crippen LogP contribution in [0.25, 0.3) is 10.9 Å². The van der Waals surface area contributed by atoms with Crippen molar-refractivity contribution in [3.05, 3.63) is 30.5 Å². The Morgan fingerprint density at radius 3 is 3.00 bits per heavy atom. The van der Waals surface area contributed by atoms with Crippen molar-refractivity contribution >= 4 is 22.5 Å². The highest BCUT2D eigenvalue weighted by molar-refractivity contribution is 5.83. The number of anilines is 1. The van der Waals surface area contributed by atoms with Gasteiger partial charge in [0, 0.05) is 38.1 Å². The van der Waals surface area contributed by atoms with Crippen molar-refractivity contribution in [3.8, 4) is 11.8 Å². The van der Waals surface area contributed by atoms with Crippen molar-refractivity contribution in [1.82, 2.24) is 14.8 Å². The van der Waals surface area contributed by atoms with Crippen molar-refractivity contribution in [2.24, 2.45) is 0 Å². The molecule has 3 heterocycles. The molecule has 2 atom stereocenters. The first-order valence-electron chi connectivity index (χ1n) is 10.2. The third-order valence-corrected chi connectivity index (χ3v) is 6.16. The van der Waals surface area contributed by atoms with Crippen LogP contribution in [0.2, 0.25) is 0 Å². The van der Waals surface area contributed by atoms with Gasteiger partial charge < -0.3 is 14.5 Å². The van der Waals surface area contributed by atoms with Crippen molar-refractivity contribution in [2.75, 3.05) is 45.2 Å². The zero-order valence-electron chi connectivity index (χ0n) is 17.0.